The molecule has 1 aliphatic heterocycles. The maximum atomic E-state index is 12.7. The highest BCUT2D eigenvalue weighted by Crippen LogP contribution is 2.13. The van der Waals surface area contributed by atoms with Crippen LogP contribution in [0.2, 0.25) is 0 Å². The number of aliphatic hydroxyl groups is 1. The minimum absolute atomic E-state index is 0. The lowest BCUT2D eigenvalue weighted by Gasteiger charge is -2.23. The molecule has 1 aromatic carbocycles. The molecule has 1 amide bonds. The molecule has 1 aromatic rings. The summed E-state index contributed by atoms with van der Waals surface area (Å²) in [6.07, 6.45) is 2.17. The SMILES string of the molecule is Cl.O=C(NCC(O)c1ccc(F)cc1)C1CCCCN1. The number of rotatable bonds is 4. The van der Waals surface area contributed by atoms with E-state index in [1.807, 2.05) is 0 Å². The van der Waals surface area contributed by atoms with Gasteiger partial charge in [-0.2, -0.15) is 0 Å². The molecule has 0 aromatic heterocycles. The highest BCUT2D eigenvalue weighted by atomic mass is 35.5. The molecule has 1 fully saturated rings. The summed E-state index contributed by atoms with van der Waals surface area (Å²) in [7, 11) is 0. The van der Waals surface area contributed by atoms with Crippen molar-refractivity contribution in [2.75, 3.05) is 13.1 Å². The first-order valence-corrected chi connectivity index (χ1v) is 6.61. The first-order chi connectivity index (χ1) is 9.16. The second-order valence-electron chi connectivity index (χ2n) is 4.81. The summed E-state index contributed by atoms with van der Waals surface area (Å²) in [5.41, 5.74) is 0.596. The van der Waals surface area contributed by atoms with Gasteiger partial charge in [0.05, 0.1) is 12.1 Å². The number of piperidine rings is 1. The van der Waals surface area contributed by atoms with Crippen LogP contribution in [0.15, 0.2) is 24.3 Å². The third-order valence-electron chi connectivity index (χ3n) is 3.35. The molecule has 4 nitrogen and oxygen atoms in total. The molecule has 0 saturated carbocycles. The average Bonchev–Trinajstić information content (AvgIpc) is 2.46. The van der Waals surface area contributed by atoms with Crippen molar-refractivity contribution in [1.29, 1.82) is 0 Å². The van der Waals surface area contributed by atoms with Gasteiger partial charge in [0.15, 0.2) is 0 Å². The zero-order valence-corrected chi connectivity index (χ0v) is 12.0. The van der Waals surface area contributed by atoms with E-state index in [0.29, 0.717) is 5.56 Å². The van der Waals surface area contributed by atoms with Gasteiger partial charge in [-0.05, 0) is 37.1 Å². The van der Waals surface area contributed by atoms with E-state index in [4.69, 9.17) is 0 Å². The summed E-state index contributed by atoms with van der Waals surface area (Å²) < 4.78 is 12.7. The smallest absolute Gasteiger partial charge is 0.237 e. The average molecular weight is 303 g/mol. The molecule has 20 heavy (non-hydrogen) atoms. The Morgan fingerprint density at radius 1 is 1.40 bits per heavy atom. The lowest BCUT2D eigenvalue weighted by atomic mass is 10.0. The van der Waals surface area contributed by atoms with Crippen molar-refractivity contribution in [3.05, 3.63) is 35.6 Å². The fraction of sp³-hybridized carbons (Fsp3) is 0.500. The molecule has 1 heterocycles. The van der Waals surface area contributed by atoms with Gasteiger partial charge in [-0.3, -0.25) is 4.79 Å². The third-order valence-corrected chi connectivity index (χ3v) is 3.35. The quantitative estimate of drug-likeness (QED) is 0.790. The van der Waals surface area contributed by atoms with Crippen molar-refractivity contribution >= 4 is 18.3 Å². The molecule has 0 radical (unpaired) electrons. The fourth-order valence-electron chi connectivity index (χ4n) is 2.20. The summed E-state index contributed by atoms with van der Waals surface area (Å²) in [5.74, 6) is -0.424. The van der Waals surface area contributed by atoms with E-state index in [1.54, 1.807) is 0 Å². The van der Waals surface area contributed by atoms with Gasteiger partial charge >= 0.3 is 0 Å². The molecule has 2 unspecified atom stereocenters. The van der Waals surface area contributed by atoms with Gasteiger partial charge in [0.25, 0.3) is 0 Å². The summed E-state index contributed by atoms with van der Waals surface area (Å²) in [6, 6.07) is 5.47. The number of aliphatic hydroxyl groups excluding tert-OH is 1. The van der Waals surface area contributed by atoms with Crippen LogP contribution in [0, 0.1) is 5.82 Å². The van der Waals surface area contributed by atoms with Crippen molar-refractivity contribution in [3.63, 3.8) is 0 Å². The number of hydrogen-bond donors (Lipinski definition) is 3. The van der Waals surface area contributed by atoms with Gasteiger partial charge in [-0.25, -0.2) is 4.39 Å². The van der Waals surface area contributed by atoms with Crippen LogP contribution in [0.25, 0.3) is 0 Å². The summed E-state index contributed by atoms with van der Waals surface area (Å²) in [5, 5.41) is 15.8. The number of nitrogens with one attached hydrogen (secondary N) is 2. The second-order valence-corrected chi connectivity index (χ2v) is 4.81. The van der Waals surface area contributed by atoms with Gasteiger partial charge in [-0.15, -0.1) is 12.4 Å². The minimum atomic E-state index is -0.812. The first kappa shape index (κ1) is 16.9. The first-order valence-electron chi connectivity index (χ1n) is 6.61. The van der Waals surface area contributed by atoms with Crippen molar-refractivity contribution in [1.82, 2.24) is 10.6 Å². The van der Waals surface area contributed by atoms with Gasteiger partial charge in [0, 0.05) is 6.54 Å². The lowest BCUT2D eigenvalue weighted by Crippen LogP contribution is -2.47. The van der Waals surface area contributed by atoms with E-state index in [0.717, 1.165) is 25.8 Å². The fourth-order valence-corrected chi connectivity index (χ4v) is 2.20. The number of hydrogen-bond acceptors (Lipinski definition) is 3. The number of carbonyl (C=O) groups is 1. The maximum Gasteiger partial charge on any atom is 0.237 e. The Bertz CT molecular complexity index is 422. The highest BCUT2D eigenvalue weighted by Gasteiger charge is 2.20. The Morgan fingerprint density at radius 2 is 2.10 bits per heavy atom. The van der Waals surface area contributed by atoms with E-state index in [-0.39, 0.29) is 36.7 Å². The topological polar surface area (TPSA) is 61.4 Å². The van der Waals surface area contributed by atoms with Gasteiger partial charge in [0.2, 0.25) is 5.91 Å². The Balaban J connectivity index is 0.00000200. The predicted molar refractivity (Wildman–Crippen MR) is 77.3 cm³/mol. The molecular formula is C14H20ClFN2O2. The summed E-state index contributed by atoms with van der Waals surface area (Å²) in [6.45, 7) is 1.00. The molecule has 3 N–H and O–H groups in total. The van der Waals surface area contributed by atoms with Crippen LogP contribution in [-0.2, 0) is 4.79 Å². The van der Waals surface area contributed by atoms with E-state index in [2.05, 4.69) is 10.6 Å². The van der Waals surface area contributed by atoms with Gasteiger partial charge < -0.3 is 15.7 Å². The molecule has 1 aliphatic rings. The Morgan fingerprint density at radius 3 is 2.70 bits per heavy atom. The normalized spacial score (nSPS) is 19.8. The Hall–Kier alpha value is -1.17. The van der Waals surface area contributed by atoms with Crippen LogP contribution in [0.1, 0.15) is 30.9 Å². The summed E-state index contributed by atoms with van der Waals surface area (Å²) >= 11 is 0. The third kappa shape index (κ3) is 4.74. The maximum absolute atomic E-state index is 12.7. The zero-order chi connectivity index (χ0) is 13.7. The van der Waals surface area contributed by atoms with Crippen LogP contribution in [-0.4, -0.2) is 30.1 Å². The van der Waals surface area contributed by atoms with Gasteiger partial charge in [-0.1, -0.05) is 18.6 Å². The van der Waals surface area contributed by atoms with Crippen LogP contribution in [0.4, 0.5) is 4.39 Å². The van der Waals surface area contributed by atoms with Crippen LogP contribution in [0.3, 0.4) is 0 Å². The molecule has 0 bridgehead atoms. The minimum Gasteiger partial charge on any atom is -0.387 e. The molecule has 2 rings (SSSR count). The predicted octanol–water partition coefficient (Wildman–Crippen LogP) is 1.54. The second kappa shape index (κ2) is 8.19. The molecule has 0 aliphatic carbocycles. The lowest BCUT2D eigenvalue weighted by molar-refractivity contribution is -0.124. The molecule has 1 saturated heterocycles. The molecule has 112 valence electrons. The van der Waals surface area contributed by atoms with E-state index >= 15 is 0 Å². The number of benzene rings is 1. The highest BCUT2D eigenvalue weighted by molar-refractivity contribution is 5.85. The van der Waals surface area contributed by atoms with Gasteiger partial charge in [0.1, 0.15) is 5.82 Å². The van der Waals surface area contributed by atoms with E-state index in [1.165, 1.54) is 24.3 Å². The standard InChI is InChI=1S/C14H19FN2O2.ClH/c15-11-6-4-10(5-7-11)13(18)9-17-14(19)12-3-1-2-8-16-12;/h4-7,12-13,16,18H,1-3,8-9H2,(H,17,19);1H. The number of carbonyl (C=O) groups excluding carboxylic acids is 1. The van der Waals surface area contributed by atoms with Crippen molar-refractivity contribution in [3.8, 4) is 0 Å². The van der Waals surface area contributed by atoms with E-state index in [9.17, 15) is 14.3 Å². The van der Waals surface area contributed by atoms with Crippen molar-refractivity contribution < 1.29 is 14.3 Å². The molecule has 2 atom stereocenters. The molecule has 6 heteroatoms. The Labute approximate surface area is 124 Å². The van der Waals surface area contributed by atoms with Crippen LogP contribution in [0.5, 0.6) is 0 Å². The number of halogens is 2. The summed E-state index contributed by atoms with van der Waals surface area (Å²) in [4.78, 5) is 11.8. The largest absolute Gasteiger partial charge is 0.387 e. The molecule has 0 spiro atoms. The Kier molecular flexibility index (Phi) is 6.91. The van der Waals surface area contributed by atoms with Crippen LogP contribution >= 0.6 is 12.4 Å². The van der Waals surface area contributed by atoms with Crippen molar-refractivity contribution in [2.24, 2.45) is 0 Å². The monoisotopic (exact) mass is 302 g/mol. The van der Waals surface area contributed by atoms with Crippen molar-refractivity contribution in [2.45, 2.75) is 31.4 Å². The van der Waals surface area contributed by atoms with E-state index < -0.39 is 6.10 Å². The number of amides is 1. The molecular weight excluding hydrogens is 283 g/mol. The zero-order valence-electron chi connectivity index (χ0n) is 11.1. The van der Waals surface area contributed by atoms with Crippen LogP contribution < -0.4 is 10.6 Å².